The second kappa shape index (κ2) is 4.44. The molecule has 0 aromatic heterocycles. The Kier molecular flexibility index (Phi) is 3.49. The van der Waals surface area contributed by atoms with Crippen LogP contribution in [0.4, 0.5) is 0 Å². The zero-order chi connectivity index (χ0) is 9.26. The number of hydrogen-bond acceptors (Lipinski definition) is 1. The Balaban J connectivity index is 0. The molecule has 0 atom stereocenters. The van der Waals surface area contributed by atoms with Crippen LogP contribution in [-0.4, -0.2) is 34.1 Å². The van der Waals surface area contributed by atoms with Crippen molar-refractivity contribution in [3.05, 3.63) is 48.0 Å². The van der Waals surface area contributed by atoms with Gasteiger partial charge in [-0.3, -0.25) is 0 Å². The van der Waals surface area contributed by atoms with Gasteiger partial charge in [-0.1, -0.05) is 36.4 Å². The maximum atomic E-state index is 10.8. The topological polar surface area (TPSA) is 37.3 Å². The molecule has 0 saturated carbocycles. The monoisotopic (exact) mass is 198 g/mol. The van der Waals surface area contributed by atoms with Gasteiger partial charge in [0.15, 0.2) is 0 Å². The summed E-state index contributed by atoms with van der Waals surface area (Å²) in [7, 11) is 0. The largest absolute Gasteiger partial charge is 2.00 e. The first-order valence-electron chi connectivity index (χ1n) is 4.00. The summed E-state index contributed by atoms with van der Waals surface area (Å²) in [6, 6.07) is 12.7. The summed E-state index contributed by atoms with van der Waals surface area (Å²) in [5.41, 5.74) is 0.359. The fourth-order valence-corrected chi connectivity index (χ4v) is 1.41. The van der Waals surface area contributed by atoms with E-state index in [0.717, 1.165) is 10.8 Å². The van der Waals surface area contributed by atoms with Crippen molar-refractivity contribution in [1.29, 1.82) is 0 Å². The molecule has 0 aliphatic rings. The summed E-state index contributed by atoms with van der Waals surface area (Å²) < 4.78 is 0. The van der Waals surface area contributed by atoms with Crippen molar-refractivity contribution in [3.8, 4) is 0 Å². The van der Waals surface area contributed by atoms with Gasteiger partial charge in [0.05, 0.1) is 5.56 Å². The smallest absolute Gasteiger partial charge is 1.00 e. The van der Waals surface area contributed by atoms with Gasteiger partial charge in [0.1, 0.15) is 0 Å². The number of carboxylic acids is 1. The quantitative estimate of drug-likeness (QED) is 0.715. The van der Waals surface area contributed by atoms with Gasteiger partial charge in [-0.15, -0.1) is 0 Å². The Hall–Kier alpha value is -1.06. The Morgan fingerprint density at radius 1 is 1.07 bits per heavy atom. The molecule has 0 heterocycles. The number of benzene rings is 2. The van der Waals surface area contributed by atoms with Crippen LogP contribution in [-0.2, 0) is 0 Å². The minimum absolute atomic E-state index is 0. The van der Waals surface area contributed by atoms with Gasteiger partial charge in [0.2, 0.25) is 0 Å². The molecule has 0 unspecified atom stereocenters. The summed E-state index contributed by atoms with van der Waals surface area (Å²) in [6.07, 6.45) is 0. The third kappa shape index (κ3) is 1.88. The van der Waals surface area contributed by atoms with E-state index in [4.69, 9.17) is 5.11 Å². The van der Waals surface area contributed by atoms with Crippen LogP contribution in [0.15, 0.2) is 42.5 Å². The average Bonchev–Trinajstić information content (AvgIpc) is 2.17. The van der Waals surface area contributed by atoms with E-state index in [2.05, 4.69) is 0 Å². The third-order valence-electron chi connectivity index (χ3n) is 2.02. The predicted molar refractivity (Wildman–Crippen MR) is 58.9 cm³/mol. The number of carbonyl (C=O) groups is 1. The van der Waals surface area contributed by atoms with Crippen molar-refractivity contribution >= 4 is 39.8 Å². The van der Waals surface area contributed by atoms with Gasteiger partial charge < -0.3 is 7.96 Å². The van der Waals surface area contributed by atoms with E-state index in [-0.39, 0.29) is 25.9 Å². The molecule has 0 saturated heterocycles. The van der Waals surface area contributed by atoms with Crippen LogP contribution in [0, 0.1) is 0 Å². The Labute approximate surface area is 101 Å². The molecule has 0 spiro atoms. The SMILES string of the molecule is O=C(O)c1cccc2ccccc12.[H-].[H-].[Mg+2]. The first-order valence-corrected chi connectivity index (χ1v) is 4.00. The summed E-state index contributed by atoms with van der Waals surface area (Å²) in [4.78, 5) is 10.8. The minimum atomic E-state index is -0.878. The van der Waals surface area contributed by atoms with Crippen LogP contribution < -0.4 is 0 Å². The number of fused-ring (bicyclic) bond motifs is 1. The van der Waals surface area contributed by atoms with Gasteiger partial charge in [-0.05, 0) is 16.8 Å². The van der Waals surface area contributed by atoms with Crippen molar-refractivity contribution in [2.45, 2.75) is 0 Å². The molecule has 0 aliphatic heterocycles. The van der Waals surface area contributed by atoms with E-state index in [9.17, 15) is 4.79 Å². The summed E-state index contributed by atoms with van der Waals surface area (Å²) in [6.45, 7) is 0. The van der Waals surface area contributed by atoms with E-state index < -0.39 is 5.97 Å². The summed E-state index contributed by atoms with van der Waals surface area (Å²) in [5, 5.41) is 10.6. The summed E-state index contributed by atoms with van der Waals surface area (Å²) >= 11 is 0. The van der Waals surface area contributed by atoms with Gasteiger partial charge in [-0.25, -0.2) is 4.79 Å². The van der Waals surface area contributed by atoms with Crippen LogP contribution in [0.25, 0.3) is 10.8 Å². The molecule has 0 fully saturated rings. The molecule has 2 nitrogen and oxygen atoms in total. The zero-order valence-electron chi connectivity index (χ0n) is 9.60. The van der Waals surface area contributed by atoms with Gasteiger partial charge >= 0.3 is 29.0 Å². The second-order valence-corrected chi connectivity index (χ2v) is 2.83. The molecule has 2 rings (SSSR count). The standard InChI is InChI=1S/C11H8O2.Mg.2H/c12-11(13)10-7-3-5-8-4-1-2-6-9(8)10;;;/h1-7H,(H,12,13);;;/q;+2;2*-1. The van der Waals surface area contributed by atoms with Crippen LogP contribution in [0.2, 0.25) is 0 Å². The van der Waals surface area contributed by atoms with Crippen LogP contribution in [0.3, 0.4) is 0 Å². The Morgan fingerprint density at radius 3 is 2.43 bits per heavy atom. The predicted octanol–water partition coefficient (Wildman–Crippen LogP) is 2.38. The minimum Gasteiger partial charge on any atom is -1.00 e. The molecular weight excluding hydrogens is 188 g/mol. The molecular formula is C11H10MgO2. The van der Waals surface area contributed by atoms with Crippen molar-refractivity contribution < 1.29 is 12.8 Å². The van der Waals surface area contributed by atoms with Crippen LogP contribution >= 0.6 is 0 Å². The Morgan fingerprint density at radius 2 is 1.71 bits per heavy atom. The van der Waals surface area contributed by atoms with E-state index in [1.807, 2.05) is 30.3 Å². The number of hydrogen-bond donors (Lipinski definition) is 1. The van der Waals surface area contributed by atoms with Crippen molar-refractivity contribution in [3.63, 3.8) is 0 Å². The van der Waals surface area contributed by atoms with E-state index in [1.54, 1.807) is 12.1 Å². The fraction of sp³-hybridized carbons (Fsp3) is 0. The van der Waals surface area contributed by atoms with Crippen molar-refractivity contribution in [2.75, 3.05) is 0 Å². The Bertz CT molecular complexity index is 469. The molecule has 3 heteroatoms. The number of carboxylic acid groups (broad SMARTS) is 1. The second-order valence-electron chi connectivity index (χ2n) is 2.83. The molecule has 0 radical (unpaired) electrons. The van der Waals surface area contributed by atoms with Gasteiger partial charge in [0.25, 0.3) is 0 Å². The van der Waals surface area contributed by atoms with Gasteiger partial charge in [0, 0.05) is 0 Å². The average molecular weight is 199 g/mol. The molecule has 68 valence electrons. The molecule has 1 N–H and O–H groups in total. The first-order chi connectivity index (χ1) is 6.29. The molecule has 0 aliphatic carbocycles. The normalized spacial score (nSPS) is 9.43. The fourth-order valence-electron chi connectivity index (χ4n) is 1.41. The maximum absolute atomic E-state index is 10.8. The van der Waals surface area contributed by atoms with E-state index in [1.165, 1.54) is 0 Å². The van der Waals surface area contributed by atoms with Crippen LogP contribution in [0.1, 0.15) is 13.2 Å². The van der Waals surface area contributed by atoms with Crippen LogP contribution in [0.5, 0.6) is 0 Å². The summed E-state index contributed by atoms with van der Waals surface area (Å²) in [5.74, 6) is -0.878. The number of aromatic carboxylic acids is 1. The maximum Gasteiger partial charge on any atom is 2.00 e. The van der Waals surface area contributed by atoms with Gasteiger partial charge in [-0.2, -0.15) is 0 Å². The van der Waals surface area contributed by atoms with Crippen molar-refractivity contribution in [1.82, 2.24) is 0 Å². The first kappa shape index (κ1) is 11.0. The molecule has 0 bridgehead atoms. The molecule has 2 aromatic carbocycles. The molecule has 0 amide bonds. The molecule has 14 heavy (non-hydrogen) atoms. The van der Waals surface area contributed by atoms with E-state index in [0.29, 0.717) is 5.56 Å². The number of rotatable bonds is 1. The third-order valence-corrected chi connectivity index (χ3v) is 2.02. The molecule has 2 aromatic rings. The van der Waals surface area contributed by atoms with E-state index >= 15 is 0 Å². The van der Waals surface area contributed by atoms with Crippen molar-refractivity contribution in [2.24, 2.45) is 0 Å². The zero-order valence-corrected chi connectivity index (χ0v) is 9.02.